The maximum absolute atomic E-state index is 12.4. The number of nitrogens with two attached hydrogens (primary N) is 1. The Labute approximate surface area is 154 Å². The molecule has 0 aliphatic heterocycles. The quantitative estimate of drug-likeness (QED) is 0.886. The second-order valence-corrected chi connectivity index (χ2v) is 7.22. The van der Waals surface area contributed by atoms with Crippen LogP contribution in [0.2, 0.25) is 0 Å². The Hall–Kier alpha value is -2.40. The summed E-state index contributed by atoms with van der Waals surface area (Å²) in [7, 11) is 1.77. The third-order valence-corrected chi connectivity index (χ3v) is 5.54. The largest absolute Gasteiger partial charge is 0.325 e. The Morgan fingerprint density at radius 2 is 1.77 bits per heavy atom. The van der Waals surface area contributed by atoms with Gasteiger partial charge in [-0.05, 0) is 49.4 Å². The smallest absolute Gasteiger partial charge is 0.250 e. The second kappa shape index (κ2) is 7.87. The lowest BCUT2D eigenvalue weighted by Gasteiger charge is -2.26. The first-order valence-corrected chi connectivity index (χ1v) is 9.31. The highest BCUT2D eigenvalue weighted by molar-refractivity contribution is 5.95. The molecule has 0 unspecified atom stereocenters. The Balaban J connectivity index is 1.71. The number of pyridine rings is 1. The van der Waals surface area contributed by atoms with Gasteiger partial charge in [0, 0.05) is 30.1 Å². The molecule has 1 fully saturated rings. The zero-order chi connectivity index (χ0) is 18.7. The highest BCUT2D eigenvalue weighted by Crippen LogP contribution is 2.27. The number of anilines is 1. The van der Waals surface area contributed by atoms with E-state index in [1.54, 1.807) is 17.7 Å². The summed E-state index contributed by atoms with van der Waals surface area (Å²) in [5.41, 5.74) is 9.81. The van der Waals surface area contributed by atoms with Crippen molar-refractivity contribution in [2.24, 2.45) is 18.7 Å². The molecule has 1 aliphatic rings. The number of hydrogen-bond donors (Lipinski definition) is 2. The van der Waals surface area contributed by atoms with Gasteiger partial charge in [-0.15, -0.1) is 0 Å². The summed E-state index contributed by atoms with van der Waals surface area (Å²) < 4.78 is 1.63. The standard InChI is InChI=1S/C21H27N3O2/c1-14-18(12-13-19(25)24(14)2)15-8-10-17(11-9-15)23-21(26)20(22)16-6-4-3-5-7-16/h8-13,16,20H,3-7,22H2,1-2H3,(H,23,26)/t20-/m0/s1. The van der Waals surface area contributed by atoms with Gasteiger partial charge in [-0.25, -0.2) is 0 Å². The molecule has 0 spiro atoms. The van der Waals surface area contributed by atoms with Crippen molar-refractivity contribution in [2.45, 2.75) is 45.1 Å². The monoisotopic (exact) mass is 353 g/mol. The van der Waals surface area contributed by atoms with Crippen molar-refractivity contribution in [3.63, 3.8) is 0 Å². The van der Waals surface area contributed by atoms with E-state index >= 15 is 0 Å². The fraction of sp³-hybridized carbons (Fsp3) is 0.429. The molecular formula is C21H27N3O2. The third kappa shape index (κ3) is 3.88. The van der Waals surface area contributed by atoms with Crippen LogP contribution in [0.25, 0.3) is 11.1 Å². The van der Waals surface area contributed by atoms with E-state index in [9.17, 15) is 9.59 Å². The fourth-order valence-corrected chi connectivity index (χ4v) is 3.70. The highest BCUT2D eigenvalue weighted by Gasteiger charge is 2.26. The molecule has 2 aromatic rings. The average Bonchev–Trinajstić information content (AvgIpc) is 2.67. The number of nitrogens with one attached hydrogen (secondary N) is 1. The Kier molecular flexibility index (Phi) is 5.57. The first-order chi connectivity index (χ1) is 12.5. The normalized spacial score (nSPS) is 16.3. The van der Waals surface area contributed by atoms with Gasteiger partial charge in [0.1, 0.15) is 0 Å². The molecule has 1 aliphatic carbocycles. The number of aromatic nitrogens is 1. The van der Waals surface area contributed by atoms with Crippen LogP contribution in [0.5, 0.6) is 0 Å². The molecule has 26 heavy (non-hydrogen) atoms. The number of benzene rings is 1. The van der Waals surface area contributed by atoms with E-state index < -0.39 is 6.04 Å². The average molecular weight is 353 g/mol. The van der Waals surface area contributed by atoms with E-state index in [1.807, 2.05) is 37.3 Å². The SMILES string of the molecule is Cc1c(-c2ccc(NC(=O)[C@@H](N)C3CCCCC3)cc2)ccc(=O)n1C. The van der Waals surface area contributed by atoms with Crippen molar-refractivity contribution in [1.82, 2.24) is 4.57 Å². The van der Waals surface area contributed by atoms with Crippen molar-refractivity contribution < 1.29 is 4.79 Å². The molecule has 0 saturated heterocycles. The van der Waals surface area contributed by atoms with Gasteiger partial charge in [0.05, 0.1) is 6.04 Å². The van der Waals surface area contributed by atoms with E-state index in [-0.39, 0.29) is 17.4 Å². The summed E-state index contributed by atoms with van der Waals surface area (Å²) in [4.78, 5) is 24.1. The summed E-state index contributed by atoms with van der Waals surface area (Å²) >= 11 is 0. The van der Waals surface area contributed by atoms with Gasteiger partial charge in [0.25, 0.3) is 0 Å². The molecule has 5 heteroatoms. The summed E-state index contributed by atoms with van der Waals surface area (Å²) in [6, 6.07) is 10.6. The van der Waals surface area contributed by atoms with Gasteiger partial charge < -0.3 is 15.6 Å². The number of carbonyl (C=O) groups excluding carboxylic acids is 1. The van der Waals surface area contributed by atoms with E-state index in [2.05, 4.69) is 5.32 Å². The zero-order valence-electron chi connectivity index (χ0n) is 15.5. The lowest BCUT2D eigenvalue weighted by Crippen LogP contribution is -2.42. The summed E-state index contributed by atoms with van der Waals surface area (Å²) in [5.74, 6) is 0.180. The molecule has 1 atom stereocenters. The van der Waals surface area contributed by atoms with Crippen molar-refractivity contribution in [3.05, 3.63) is 52.4 Å². The number of carbonyl (C=O) groups is 1. The van der Waals surface area contributed by atoms with Crippen LogP contribution in [0.1, 0.15) is 37.8 Å². The van der Waals surface area contributed by atoms with Crippen LogP contribution in [-0.2, 0) is 11.8 Å². The minimum atomic E-state index is -0.444. The van der Waals surface area contributed by atoms with Crippen LogP contribution in [0.15, 0.2) is 41.2 Å². The van der Waals surface area contributed by atoms with E-state index in [0.717, 1.165) is 35.3 Å². The van der Waals surface area contributed by atoms with E-state index in [1.165, 1.54) is 19.3 Å². The first kappa shape index (κ1) is 18.4. The number of nitrogens with zero attached hydrogens (tertiary/aromatic N) is 1. The van der Waals surface area contributed by atoms with Crippen LogP contribution in [0.3, 0.4) is 0 Å². The maximum Gasteiger partial charge on any atom is 0.250 e. The summed E-state index contributed by atoms with van der Waals surface area (Å²) in [6.45, 7) is 1.93. The van der Waals surface area contributed by atoms with Gasteiger partial charge in [0.15, 0.2) is 0 Å². The molecule has 1 heterocycles. The number of rotatable bonds is 4. The maximum atomic E-state index is 12.4. The molecule has 3 N–H and O–H groups in total. The van der Waals surface area contributed by atoms with E-state index in [0.29, 0.717) is 0 Å². The van der Waals surface area contributed by atoms with Gasteiger partial charge >= 0.3 is 0 Å². The van der Waals surface area contributed by atoms with Crippen molar-refractivity contribution in [3.8, 4) is 11.1 Å². The van der Waals surface area contributed by atoms with Gasteiger partial charge in [-0.1, -0.05) is 31.4 Å². The second-order valence-electron chi connectivity index (χ2n) is 7.22. The minimum absolute atomic E-state index is 0.0215. The first-order valence-electron chi connectivity index (χ1n) is 9.31. The van der Waals surface area contributed by atoms with Crippen LogP contribution in [0.4, 0.5) is 5.69 Å². The lowest BCUT2D eigenvalue weighted by molar-refractivity contribution is -0.118. The highest BCUT2D eigenvalue weighted by atomic mass is 16.2. The predicted octanol–water partition coefficient (Wildman–Crippen LogP) is 3.21. The van der Waals surface area contributed by atoms with Gasteiger partial charge in [-0.2, -0.15) is 0 Å². The van der Waals surface area contributed by atoms with E-state index in [4.69, 9.17) is 5.73 Å². The Morgan fingerprint density at radius 1 is 1.12 bits per heavy atom. The molecule has 0 radical (unpaired) electrons. The molecule has 1 aromatic carbocycles. The molecule has 1 saturated carbocycles. The lowest BCUT2D eigenvalue weighted by atomic mass is 9.84. The minimum Gasteiger partial charge on any atom is -0.325 e. The predicted molar refractivity (Wildman–Crippen MR) is 105 cm³/mol. The molecule has 5 nitrogen and oxygen atoms in total. The van der Waals surface area contributed by atoms with Gasteiger partial charge in [0.2, 0.25) is 11.5 Å². The zero-order valence-corrected chi connectivity index (χ0v) is 15.5. The molecule has 0 bridgehead atoms. The molecular weight excluding hydrogens is 326 g/mol. The Morgan fingerprint density at radius 3 is 2.42 bits per heavy atom. The molecule has 3 rings (SSSR count). The number of hydrogen-bond acceptors (Lipinski definition) is 3. The summed E-state index contributed by atoms with van der Waals surface area (Å²) in [5, 5.41) is 2.93. The molecule has 1 amide bonds. The summed E-state index contributed by atoms with van der Waals surface area (Å²) in [6.07, 6.45) is 5.66. The number of amides is 1. The fourth-order valence-electron chi connectivity index (χ4n) is 3.70. The molecule has 1 aromatic heterocycles. The Bertz CT molecular complexity index is 833. The topological polar surface area (TPSA) is 77.1 Å². The van der Waals surface area contributed by atoms with Crippen molar-refractivity contribution in [1.29, 1.82) is 0 Å². The molecule has 138 valence electrons. The van der Waals surface area contributed by atoms with Crippen LogP contribution in [-0.4, -0.2) is 16.5 Å². The van der Waals surface area contributed by atoms with Crippen molar-refractivity contribution >= 4 is 11.6 Å². The van der Waals surface area contributed by atoms with Crippen LogP contribution >= 0.6 is 0 Å². The van der Waals surface area contributed by atoms with Crippen molar-refractivity contribution in [2.75, 3.05) is 5.32 Å². The van der Waals surface area contributed by atoms with Crippen LogP contribution < -0.4 is 16.6 Å². The third-order valence-electron chi connectivity index (χ3n) is 5.54. The van der Waals surface area contributed by atoms with Gasteiger partial charge in [-0.3, -0.25) is 9.59 Å². The van der Waals surface area contributed by atoms with Crippen LogP contribution in [0, 0.1) is 12.8 Å².